The highest BCUT2D eigenvalue weighted by molar-refractivity contribution is 7.09. The van der Waals surface area contributed by atoms with Crippen LogP contribution in [-0.2, 0) is 6.42 Å². The Morgan fingerprint density at radius 2 is 2.31 bits per heavy atom. The van der Waals surface area contributed by atoms with Crippen molar-refractivity contribution < 1.29 is 0 Å². The van der Waals surface area contributed by atoms with Crippen LogP contribution in [0.4, 0.5) is 0 Å². The van der Waals surface area contributed by atoms with Crippen molar-refractivity contribution in [3.8, 4) is 6.07 Å². The van der Waals surface area contributed by atoms with E-state index >= 15 is 0 Å². The minimum Gasteiger partial charge on any atom is -0.245 e. The molecule has 1 aliphatic rings. The molecule has 0 spiro atoms. The molecule has 1 saturated carbocycles. The van der Waals surface area contributed by atoms with E-state index in [1.807, 2.05) is 0 Å². The zero-order valence-corrected chi connectivity index (χ0v) is 8.31. The summed E-state index contributed by atoms with van der Waals surface area (Å²) in [5.41, 5.74) is 1.23. The van der Waals surface area contributed by atoms with Crippen LogP contribution in [0.2, 0.25) is 0 Å². The van der Waals surface area contributed by atoms with E-state index in [2.05, 4.69) is 16.4 Å². The fourth-order valence-electron chi connectivity index (χ4n) is 1.88. The van der Waals surface area contributed by atoms with E-state index in [4.69, 9.17) is 5.26 Å². The first-order valence-corrected chi connectivity index (χ1v) is 5.59. The van der Waals surface area contributed by atoms with Gasteiger partial charge in [0.2, 0.25) is 0 Å². The molecule has 0 bridgehead atoms. The second-order valence-electron chi connectivity index (χ2n) is 3.48. The lowest BCUT2D eigenvalue weighted by molar-refractivity contribution is 0.700. The van der Waals surface area contributed by atoms with Crippen LogP contribution in [0, 0.1) is 11.3 Å². The predicted molar refractivity (Wildman–Crippen MR) is 52.6 cm³/mol. The highest BCUT2D eigenvalue weighted by atomic mass is 32.1. The summed E-state index contributed by atoms with van der Waals surface area (Å²) < 4.78 is 0. The van der Waals surface area contributed by atoms with Crippen LogP contribution in [-0.4, -0.2) is 4.98 Å². The van der Waals surface area contributed by atoms with Crippen molar-refractivity contribution in [3.05, 3.63) is 16.1 Å². The van der Waals surface area contributed by atoms with Crippen molar-refractivity contribution in [2.45, 2.75) is 38.0 Å². The molecule has 0 N–H and O–H groups in total. The third-order valence-electron chi connectivity index (χ3n) is 2.57. The molecular weight excluding hydrogens is 180 g/mol. The Labute approximate surface area is 82.2 Å². The van der Waals surface area contributed by atoms with Gasteiger partial charge in [-0.25, -0.2) is 4.98 Å². The van der Waals surface area contributed by atoms with Crippen molar-refractivity contribution in [3.63, 3.8) is 0 Å². The Morgan fingerprint density at radius 3 is 3.00 bits per heavy atom. The first-order valence-electron chi connectivity index (χ1n) is 4.71. The van der Waals surface area contributed by atoms with Crippen molar-refractivity contribution in [1.82, 2.24) is 4.98 Å². The van der Waals surface area contributed by atoms with E-state index < -0.39 is 0 Å². The van der Waals surface area contributed by atoms with Gasteiger partial charge in [0.1, 0.15) is 5.01 Å². The number of hydrogen-bond donors (Lipinski definition) is 0. The smallest absolute Gasteiger partial charge is 0.107 e. The molecule has 0 amide bonds. The zero-order valence-electron chi connectivity index (χ0n) is 7.49. The molecular formula is C10H12N2S. The SMILES string of the molecule is N#CCc1nc(C2CCCC2)cs1. The average molecular weight is 192 g/mol. The van der Waals surface area contributed by atoms with E-state index in [-0.39, 0.29) is 0 Å². The van der Waals surface area contributed by atoms with Crippen molar-refractivity contribution >= 4 is 11.3 Å². The molecule has 0 aliphatic heterocycles. The third kappa shape index (κ3) is 1.89. The Morgan fingerprint density at radius 1 is 1.54 bits per heavy atom. The molecule has 0 radical (unpaired) electrons. The Hall–Kier alpha value is -0.880. The first-order chi connectivity index (χ1) is 6.40. The van der Waals surface area contributed by atoms with Gasteiger partial charge in [-0.1, -0.05) is 12.8 Å². The summed E-state index contributed by atoms with van der Waals surface area (Å²) in [4.78, 5) is 4.48. The van der Waals surface area contributed by atoms with E-state index in [9.17, 15) is 0 Å². The van der Waals surface area contributed by atoms with Crippen molar-refractivity contribution in [1.29, 1.82) is 5.26 Å². The summed E-state index contributed by atoms with van der Waals surface area (Å²) in [6, 6.07) is 2.14. The molecule has 68 valence electrons. The first kappa shape index (κ1) is 8.71. The summed E-state index contributed by atoms with van der Waals surface area (Å²) in [6.45, 7) is 0. The van der Waals surface area contributed by atoms with Crippen LogP contribution in [0.5, 0.6) is 0 Å². The molecule has 0 unspecified atom stereocenters. The van der Waals surface area contributed by atoms with Gasteiger partial charge in [0.05, 0.1) is 18.2 Å². The summed E-state index contributed by atoms with van der Waals surface area (Å²) in [6.07, 6.45) is 5.73. The molecule has 1 aromatic heterocycles. The third-order valence-corrected chi connectivity index (χ3v) is 3.44. The topological polar surface area (TPSA) is 36.7 Å². The number of nitrogens with zero attached hydrogens (tertiary/aromatic N) is 2. The van der Waals surface area contributed by atoms with Gasteiger partial charge in [0.25, 0.3) is 0 Å². The monoisotopic (exact) mass is 192 g/mol. The number of rotatable bonds is 2. The Bertz CT molecular complexity index is 318. The number of nitriles is 1. The Kier molecular flexibility index (Phi) is 2.60. The van der Waals surface area contributed by atoms with Crippen LogP contribution in [0.15, 0.2) is 5.38 Å². The van der Waals surface area contributed by atoms with Gasteiger partial charge in [-0.2, -0.15) is 5.26 Å². The lowest BCUT2D eigenvalue weighted by Crippen LogP contribution is -1.92. The maximum Gasteiger partial charge on any atom is 0.107 e. The minimum absolute atomic E-state index is 0.470. The van der Waals surface area contributed by atoms with Gasteiger partial charge in [-0.05, 0) is 12.8 Å². The molecule has 13 heavy (non-hydrogen) atoms. The van der Waals surface area contributed by atoms with Gasteiger partial charge >= 0.3 is 0 Å². The largest absolute Gasteiger partial charge is 0.245 e. The second-order valence-corrected chi connectivity index (χ2v) is 4.43. The fourth-order valence-corrected chi connectivity index (χ4v) is 2.69. The van der Waals surface area contributed by atoms with Gasteiger partial charge in [-0.15, -0.1) is 11.3 Å². The van der Waals surface area contributed by atoms with Crippen LogP contribution in [0.25, 0.3) is 0 Å². The second kappa shape index (κ2) is 3.89. The van der Waals surface area contributed by atoms with E-state index in [0.29, 0.717) is 12.3 Å². The summed E-state index contributed by atoms with van der Waals surface area (Å²) in [7, 11) is 0. The van der Waals surface area contributed by atoms with Crippen LogP contribution in [0.3, 0.4) is 0 Å². The molecule has 3 heteroatoms. The number of aromatic nitrogens is 1. The maximum atomic E-state index is 8.51. The zero-order chi connectivity index (χ0) is 9.10. The van der Waals surface area contributed by atoms with Crippen molar-refractivity contribution in [2.24, 2.45) is 0 Å². The molecule has 0 atom stereocenters. The van der Waals surface area contributed by atoms with Gasteiger partial charge in [0.15, 0.2) is 0 Å². The summed E-state index contributed by atoms with van der Waals surface area (Å²) in [5, 5.41) is 11.6. The van der Waals surface area contributed by atoms with E-state index in [0.717, 1.165) is 5.01 Å². The summed E-state index contributed by atoms with van der Waals surface area (Å²) >= 11 is 1.63. The van der Waals surface area contributed by atoms with Crippen molar-refractivity contribution in [2.75, 3.05) is 0 Å². The molecule has 0 saturated heterocycles. The molecule has 0 aromatic carbocycles. The van der Waals surface area contributed by atoms with Crippen LogP contribution in [0.1, 0.15) is 42.3 Å². The lowest BCUT2D eigenvalue weighted by atomic mass is 10.1. The maximum absolute atomic E-state index is 8.51. The van der Waals surface area contributed by atoms with Gasteiger partial charge < -0.3 is 0 Å². The molecule has 1 heterocycles. The van der Waals surface area contributed by atoms with E-state index in [1.165, 1.54) is 31.4 Å². The average Bonchev–Trinajstić information content (AvgIpc) is 2.70. The standard InChI is InChI=1S/C10H12N2S/c11-6-5-10-12-9(7-13-10)8-3-1-2-4-8/h7-8H,1-5H2. The number of hydrogen-bond acceptors (Lipinski definition) is 3. The highest BCUT2D eigenvalue weighted by Gasteiger charge is 2.19. The molecule has 1 aromatic rings. The fraction of sp³-hybridized carbons (Fsp3) is 0.600. The lowest BCUT2D eigenvalue weighted by Gasteiger charge is -2.02. The highest BCUT2D eigenvalue weighted by Crippen LogP contribution is 2.34. The molecule has 2 nitrogen and oxygen atoms in total. The van der Waals surface area contributed by atoms with Crippen LogP contribution < -0.4 is 0 Å². The normalized spacial score (nSPS) is 17.5. The van der Waals surface area contributed by atoms with Gasteiger partial charge in [0, 0.05) is 11.3 Å². The van der Waals surface area contributed by atoms with Crippen LogP contribution >= 0.6 is 11.3 Å². The number of thiazole rings is 1. The van der Waals surface area contributed by atoms with E-state index in [1.54, 1.807) is 11.3 Å². The quantitative estimate of drug-likeness (QED) is 0.722. The molecule has 1 aliphatic carbocycles. The molecule has 2 rings (SSSR count). The predicted octanol–water partition coefficient (Wildman–Crippen LogP) is 2.87. The van der Waals surface area contributed by atoms with Gasteiger partial charge in [-0.3, -0.25) is 0 Å². The Balaban J connectivity index is 2.08. The molecule has 1 fully saturated rings. The minimum atomic E-state index is 0.470. The summed E-state index contributed by atoms with van der Waals surface area (Å²) in [5.74, 6) is 0.684.